The minimum Gasteiger partial charge on any atom is -0.496 e. The number of Topliss-reactive ketones (excluding diaryl/α,β-unsaturated/α-hetero) is 1. The molecule has 1 aromatic carbocycles. The van der Waals surface area contributed by atoms with Crippen molar-refractivity contribution in [2.75, 3.05) is 20.3 Å². The second kappa shape index (κ2) is 6.78. The lowest BCUT2D eigenvalue weighted by Gasteiger charge is -2.20. The highest BCUT2D eigenvalue weighted by Gasteiger charge is 2.56. The zero-order valence-corrected chi connectivity index (χ0v) is 14.6. The largest absolute Gasteiger partial charge is 0.496 e. The molecular weight excluding hydrogens is 340 g/mol. The molecule has 0 spiro atoms. The summed E-state index contributed by atoms with van der Waals surface area (Å²) >= 11 is 0. The Kier molecular flexibility index (Phi) is 4.67. The molecule has 0 radical (unpaired) electrons. The summed E-state index contributed by atoms with van der Waals surface area (Å²) in [6.45, 7) is 0.649. The van der Waals surface area contributed by atoms with Crippen LogP contribution in [-0.2, 0) is 14.3 Å². The monoisotopic (exact) mass is 360 g/mol. The van der Waals surface area contributed by atoms with Crippen molar-refractivity contribution in [1.82, 2.24) is 10.2 Å². The van der Waals surface area contributed by atoms with Crippen molar-refractivity contribution in [3.8, 4) is 5.75 Å². The van der Waals surface area contributed by atoms with Crippen LogP contribution in [0.3, 0.4) is 0 Å². The van der Waals surface area contributed by atoms with Crippen LogP contribution in [0, 0.1) is 5.92 Å². The first-order chi connectivity index (χ1) is 12.4. The molecule has 0 aromatic heterocycles. The van der Waals surface area contributed by atoms with Crippen molar-refractivity contribution in [2.45, 2.75) is 25.3 Å². The molecule has 26 heavy (non-hydrogen) atoms. The number of rotatable bonds is 7. The Labute approximate surface area is 150 Å². The fourth-order valence-electron chi connectivity index (χ4n) is 3.07. The number of esters is 1. The number of nitrogens with zero attached hydrogens (tertiary/aromatic N) is 1. The number of imide groups is 1. The number of carbonyl (C=O) groups excluding carboxylic acids is 4. The highest BCUT2D eigenvalue weighted by molar-refractivity contribution is 6.09. The molecular formula is C18H20N2O6. The minimum atomic E-state index is -0.954. The molecule has 3 rings (SSSR count). The number of hydrogen-bond acceptors (Lipinski definition) is 6. The normalized spacial score (nSPS) is 22.2. The van der Waals surface area contributed by atoms with Gasteiger partial charge in [0.1, 0.15) is 17.8 Å². The molecule has 1 atom stereocenters. The van der Waals surface area contributed by atoms with Crippen LogP contribution in [0.1, 0.15) is 30.1 Å². The van der Waals surface area contributed by atoms with E-state index in [-0.39, 0.29) is 5.92 Å². The molecule has 1 N–H and O–H groups in total. The number of ketones is 1. The average Bonchev–Trinajstić information content (AvgIpc) is 3.46. The van der Waals surface area contributed by atoms with Crippen molar-refractivity contribution in [2.24, 2.45) is 5.92 Å². The Morgan fingerprint density at radius 1 is 1.27 bits per heavy atom. The third kappa shape index (κ3) is 3.26. The predicted molar refractivity (Wildman–Crippen MR) is 89.7 cm³/mol. The Bertz CT molecular complexity index is 773. The van der Waals surface area contributed by atoms with Gasteiger partial charge in [0.25, 0.3) is 5.91 Å². The van der Waals surface area contributed by atoms with Gasteiger partial charge in [0, 0.05) is 0 Å². The number of methoxy groups -OCH3 is 1. The summed E-state index contributed by atoms with van der Waals surface area (Å²) in [7, 11) is 1.44. The summed E-state index contributed by atoms with van der Waals surface area (Å²) in [5.41, 5.74) is -0.663. The van der Waals surface area contributed by atoms with E-state index in [1.807, 2.05) is 0 Å². The molecule has 1 heterocycles. The van der Waals surface area contributed by atoms with E-state index in [1.54, 1.807) is 31.2 Å². The molecule has 1 saturated heterocycles. The quantitative estimate of drug-likeness (QED) is 0.444. The van der Waals surface area contributed by atoms with Crippen molar-refractivity contribution in [3.05, 3.63) is 29.8 Å². The number of para-hydroxylation sites is 1. The van der Waals surface area contributed by atoms with Crippen LogP contribution >= 0.6 is 0 Å². The van der Waals surface area contributed by atoms with E-state index >= 15 is 0 Å². The fourth-order valence-corrected chi connectivity index (χ4v) is 3.07. The van der Waals surface area contributed by atoms with Crippen LogP contribution in [0.4, 0.5) is 4.79 Å². The molecule has 1 aliphatic carbocycles. The summed E-state index contributed by atoms with van der Waals surface area (Å²) in [5.74, 6) is -1.21. The number of ether oxygens (including phenoxy) is 2. The highest BCUT2D eigenvalue weighted by Crippen LogP contribution is 2.42. The van der Waals surface area contributed by atoms with E-state index < -0.39 is 42.4 Å². The van der Waals surface area contributed by atoms with Crippen molar-refractivity contribution < 1.29 is 28.7 Å². The Morgan fingerprint density at radius 3 is 2.62 bits per heavy atom. The van der Waals surface area contributed by atoms with E-state index in [4.69, 9.17) is 9.47 Å². The molecule has 0 bridgehead atoms. The van der Waals surface area contributed by atoms with Gasteiger partial charge in [-0.25, -0.2) is 4.79 Å². The summed E-state index contributed by atoms with van der Waals surface area (Å²) in [6, 6.07) is 5.96. The Balaban J connectivity index is 1.57. The second-order valence-electron chi connectivity index (χ2n) is 6.58. The predicted octanol–water partition coefficient (Wildman–Crippen LogP) is 1.14. The summed E-state index contributed by atoms with van der Waals surface area (Å²) < 4.78 is 10.0. The number of benzene rings is 1. The van der Waals surface area contributed by atoms with Crippen molar-refractivity contribution in [1.29, 1.82) is 0 Å². The summed E-state index contributed by atoms with van der Waals surface area (Å²) in [6.07, 6.45) is 1.74. The lowest BCUT2D eigenvalue weighted by Crippen LogP contribution is -2.46. The first-order valence-electron chi connectivity index (χ1n) is 8.32. The van der Waals surface area contributed by atoms with Crippen molar-refractivity contribution in [3.63, 3.8) is 0 Å². The first-order valence-corrected chi connectivity index (χ1v) is 8.32. The van der Waals surface area contributed by atoms with Crippen LogP contribution in [0.2, 0.25) is 0 Å². The van der Waals surface area contributed by atoms with Crippen LogP contribution < -0.4 is 10.1 Å². The molecule has 8 nitrogen and oxygen atoms in total. The smallest absolute Gasteiger partial charge is 0.326 e. The summed E-state index contributed by atoms with van der Waals surface area (Å²) in [5, 5.41) is 2.65. The minimum absolute atomic E-state index is 0.104. The van der Waals surface area contributed by atoms with Gasteiger partial charge < -0.3 is 14.8 Å². The fraction of sp³-hybridized carbons (Fsp3) is 0.444. The van der Waals surface area contributed by atoms with E-state index in [2.05, 4.69) is 5.32 Å². The van der Waals surface area contributed by atoms with Gasteiger partial charge in [-0.3, -0.25) is 19.3 Å². The van der Waals surface area contributed by atoms with Crippen LogP contribution in [0.15, 0.2) is 24.3 Å². The number of amides is 3. The van der Waals surface area contributed by atoms with Gasteiger partial charge >= 0.3 is 12.0 Å². The molecule has 8 heteroatoms. The molecule has 3 amide bonds. The Morgan fingerprint density at radius 2 is 1.96 bits per heavy atom. The molecule has 2 aliphatic rings. The number of nitrogens with one attached hydrogen (secondary N) is 1. The van der Waals surface area contributed by atoms with Crippen LogP contribution in [0.25, 0.3) is 0 Å². The van der Waals surface area contributed by atoms with Crippen LogP contribution in [0.5, 0.6) is 5.75 Å². The van der Waals surface area contributed by atoms with E-state index in [0.717, 1.165) is 17.7 Å². The SMILES string of the molecule is COc1ccccc1C(=O)COC(=O)CN1C(=O)N[C@@](C)(C2CC2)C1=O. The first kappa shape index (κ1) is 17.9. The Hall–Kier alpha value is -2.90. The highest BCUT2D eigenvalue weighted by atomic mass is 16.5. The van der Waals surface area contributed by atoms with Crippen molar-refractivity contribution >= 4 is 23.7 Å². The maximum atomic E-state index is 12.4. The van der Waals surface area contributed by atoms with Gasteiger partial charge in [-0.1, -0.05) is 12.1 Å². The van der Waals surface area contributed by atoms with Gasteiger partial charge in [-0.15, -0.1) is 0 Å². The van der Waals surface area contributed by atoms with Gasteiger partial charge in [0.2, 0.25) is 5.78 Å². The third-order valence-electron chi connectivity index (χ3n) is 4.75. The summed E-state index contributed by atoms with van der Waals surface area (Å²) in [4.78, 5) is 49.5. The molecule has 1 aromatic rings. The van der Waals surface area contributed by atoms with E-state index in [1.165, 1.54) is 7.11 Å². The lowest BCUT2D eigenvalue weighted by molar-refractivity contribution is -0.146. The average molecular weight is 360 g/mol. The van der Waals surface area contributed by atoms with Crippen LogP contribution in [-0.4, -0.2) is 54.4 Å². The second-order valence-corrected chi connectivity index (χ2v) is 6.58. The maximum Gasteiger partial charge on any atom is 0.326 e. The zero-order valence-electron chi connectivity index (χ0n) is 14.6. The number of urea groups is 1. The lowest BCUT2D eigenvalue weighted by atomic mass is 9.96. The maximum absolute atomic E-state index is 12.4. The van der Waals surface area contributed by atoms with Gasteiger partial charge in [-0.2, -0.15) is 0 Å². The molecule has 1 saturated carbocycles. The van der Waals surface area contributed by atoms with E-state index in [0.29, 0.717) is 11.3 Å². The topological polar surface area (TPSA) is 102 Å². The number of carbonyl (C=O) groups is 4. The zero-order chi connectivity index (χ0) is 18.9. The third-order valence-corrected chi connectivity index (χ3v) is 4.75. The van der Waals surface area contributed by atoms with Gasteiger partial charge in [0.05, 0.1) is 12.7 Å². The number of hydrogen-bond donors (Lipinski definition) is 1. The molecule has 0 unspecified atom stereocenters. The standard InChI is InChI=1S/C18H20N2O6/c1-18(11-7-8-11)16(23)20(17(24)19-18)9-15(22)26-10-13(21)12-5-3-4-6-14(12)25-2/h3-6,11H,7-10H2,1-2H3,(H,19,24)/t18-/m0/s1. The van der Waals surface area contributed by atoms with Gasteiger partial charge in [0.15, 0.2) is 6.61 Å². The molecule has 138 valence electrons. The van der Waals surface area contributed by atoms with Gasteiger partial charge in [-0.05, 0) is 37.8 Å². The molecule has 1 aliphatic heterocycles. The van der Waals surface area contributed by atoms with E-state index in [9.17, 15) is 19.2 Å². The molecule has 2 fully saturated rings.